The van der Waals surface area contributed by atoms with Crippen LogP contribution < -0.4 is 20.1 Å². The number of urea groups is 1. The van der Waals surface area contributed by atoms with Crippen LogP contribution in [0.25, 0.3) is 0 Å². The first kappa shape index (κ1) is 21.0. The van der Waals surface area contributed by atoms with Crippen molar-refractivity contribution in [3.05, 3.63) is 18.2 Å². The molecule has 2 N–H and O–H groups in total. The average Bonchev–Trinajstić information content (AvgIpc) is 2.66. The molecule has 0 spiro atoms. The predicted molar refractivity (Wildman–Crippen MR) is 105 cm³/mol. The van der Waals surface area contributed by atoms with Gasteiger partial charge in [0.2, 0.25) is 5.91 Å². The number of piperidine rings is 1. The van der Waals surface area contributed by atoms with Crippen molar-refractivity contribution in [2.24, 2.45) is 0 Å². The van der Waals surface area contributed by atoms with E-state index in [1.807, 2.05) is 13.8 Å². The Morgan fingerprint density at radius 3 is 2.33 bits per heavy atom. The highest BCUT2D eigenvalue weighted by atomic mass is 16.5. The van der Waals surface area contributed by atoms with Gasteiger partial charge in [0.1, 0.15) is 0 Å². The average molecular weight is 377 g/mol. The standard InChI is InChI=1S/C20H31N3O4/c1-3-12-26-17-9-8-16(14-18(17)27-13-4-2)21-20(25)22-19(24)15-23-10-6-5-7-11-23/h8-9,14H,3-7,10-13,15H2,1-2H3,(H2,21,22,24,25). The zero-order valence-electron chi connectivity index (χ0n) is 16.4. The van der Waals surface area contributed by atoms with E-state index in [0.717, 1.165) is 38.8 Å². The third kappa shape index (κ3) is 7.46. The molecule has 1 aromatic carbocycles. The van der Waals surface area contributed by atoms with Gasteiger partial charge < -0.3 is 14.8 Å². The van der Waals surface area contributed by atoms with Crippen LogP contribution in [0.15, 0.2) is 18.2 Å². The van der Waals surface area contributed by atoms with Gasteiger partial charge in [-0.1, -0.05) is 20.3 Å². The van der Waals surface area contributed by atoms with Crippen molar-refractivity contribution >= 4 is 17.6 Å². The van der Waals surface area contributed by atoms with Crippen molar-refractivity contribution in [3.63, 3.8) is 0 Å². The fourth-order valence-electron chi connectivity index (χ4n) is 2.89. The third-order valence-electron chi connectivity index (χ3n) is 4.19. The Balaban J connectivity index is 1.90. The Morgan fingerprint density at radius 2 is 1.67 bits per heavy atom. The number of benzene rings is 1. The van der Waals surface area contributed by atoms with Crippen LogP contribution in [0.5, 0.6) is 11.5 Å². The van der Waals surface area contributed by atoms with Gasteiger partial charge in [-0.15, -0.1) is 0 Å². The van der Waals surface area contributed by atoms with Crippen LogP contribution in [0, 0.1) is 0 Å². The predicted octanol–water partition coefficient (Wildman–Crippen LogP) is 3.40. The summed E-state index contributed by atoms with van der Waals surface area (Å²) in [6.45, 7) is 7.29. The van der Waals surface area contributed by atoms with E-state index < -0.39 is 6.03 Å². The largest absolute Gasteiger partial charge is 0.490 e. The second-order valence-electron chi connectivity index (χ2n) is 6.70. The van der Waals surface area contributed by atoms with Crippen LogP contribution in [0.2, 0.25) is 0 Å². The van der Waals surface area contributed by atoms with Gasteiger partial charge in [0, 0.05) is 11.8 Å². The molecular formula is C20H31N3O4. The van der Waals surface area contributed by atoms with E-state index in [1.165, 1.54) is 6.42 Å². The minimum atomic E-state index is -0.541. The summed E-state index contributed by atoms with van der Waals surface area (Å²) in [4.78, 5) is 26.2. The zero-order valence-corrected chi connectivity index (χ0v) is 16.4. The lowest BCUT2D eigenvalue weighted by Crippen LogP contribution is -2.43. The Hall–Kier alpha value is -2.28. The highest BCUT2D eigenvalue weighted by Gasteiger charge is 2.16. The Labute approximate surface area is 161 Å². The minimum absolute atomic E-state index is 0.252. The molecule has 0 unspecified atom stereocenters. The molecule has 0 radical (unpaired) electrons. The zero-order chi connectivity index (χ0) is 19.5. The monoisotopic (exact) mass is 377 g/mol. The van der Waals surface area contributed by atoms with Gasteiger partial charge in [-0.05, 0) is 50.9 Å². The van der Waals surface area contributed by atoms with Gasteiger partial charge >= 0.3 is 6.03 Å². The van der Waals surface area contributed by atoms with Crippen LogP contribution in [0.4, 0.5) is 10.5 Å². The summed E-state index contributed by atoms with van der Waals surface area (Å²) in [6.07, 6.45) is 5.18. The number of anilines is 1. The van der Waals surface area contributed by atoms with E-state index in [4.69, 9.17) is 9.47 Å². The lowest BCUT2D eigenvalue weighted by atomic mass is 10.1. The summed E-state index contributed by atoms with van der Waals surface area (Å²) in [5.41, 5.74) is 0.549. The first-order valence-corrected chi connectivity index (χ1v) is 9.85. The van der Waals surface area contributed by atoms with E-state index in [1.54, 1.807) is 18.2 Å². The number of rotatable bonds is 9. The van der Waals surface area contributed by atoms with Crippen molar-refractivity contribution in [2.45, 2.75) is 46.0 Å². The van der Waals surface area contributed by atoms with Gasteiger partial charge in [0.25, 0.3) is 0 Å². The van der Waals surface area contributed by atoms with Gasteiger partial charge in [-0.2, -0.15) is 0 Å². The normalized spacial score (nSPS) is 14.4. The van der Waals surface area contributed by atoms with Crippen molar-refractivity contribution < 1.29 is 19.1 Å². The molecule has 1 fully saturated rings. The van der Waals surface area contributed by atoms with E-state index in [0.29, 0.717) is 30.4 Å². The summed E-state index contributed by atoms with van der Waals surface area (Å²) >= 11 is 0. The van der Waals surface area contributed by atoms with E-state index in [2.05, 4.69) is 15.5 Å². The second kappa shape index (κ2) is 11.4. The quantitative estimate of drug-likeness (QED) is 0.689. The Bertz CT molecular complexity index is 615. The highest BCUT2D eigenvalue weighted by molar-refractivity contribution is 6.01. The Kier molecular flexibility index (Phi) is 8.91. The molecule has 150 valence electrons. The van der Waals surface area contributed by atoms with E-state index in [9.17, 15) is 9.59 Å². The number of hydrogen-bond donors (Lipinski definition) is 2. The maximum absolute atomic E-state index is 12.1. The molecule has 1 aliphatic rings. The number of carbonyl (C=O) groups is 2. The lowest BCUT2D eigenvalue weighted by molar-refractivity contribution is -0.121. The summed E-state index contributed by atoms with van der Waals surface area (Å²) < 4.78 is 11.4. The van der Waals surface area contributed by atoms with Gasteiger partial charge in [-0.3, -0.25) is 15.0 Å². The first-order valence-electron chi connectivity index (χ1n) is 9.85. The molecule has 0 bridgehead atoms. The molecule has 7 heteroatoms. The topological polar surface area (TPSA) is 79.9 Å². The molecule has 1 saturated heterocycles. The fourth-order valence-corrected chi connectivity index (χ4v) is 2.89. The smallest absolute Gasteiger partial charge is 0.325 e. The number of likely N-dealkylation sites (tertiary alicyclic amines) is 1. The molecular weight excluding hydrogens is 346 g/mol. The number of imide groups is 1. The minimum Gasteiger partial charge on any atom is -0.490 e. The fraction of sp³-hybridized carbons (Fsp3) is 0.600. The molecule has 7 nitrogen and oxygen atoms in total. The van der Waals surface area contributed by atoms with Gasteiger partial charge in [0.15, 0.2) is 11.5 Å². The van der Waals surface area contributed by atoms with Gasteiger partial charge in [0.05, 0.1) is 19.8 Å². The molecule has 1 aromatic rings. The molecule has 0 aromatic heterocycles. The van der Waals surface area contributed by atoms with Crippen molar-refractivity contribution in [1.82, 2.24) is 10.2 Å². The summed E-state index contributed by atoms with van der Waals surface area (Å²) in [5.74, 6) is 0.944. The maximum Gasteiger partial charge on any atom is 0.325 e. The van der Waals surface area contributed by atoms with Crippen LogP contribution in [-0.2, 0) is 4.79 Å². The number of nitrogens with one attached hydrogen (secondary N) is 2. The molecule has 0 saturated carbocycles. The third-order valence-corrected chi connectivity index (χ3v) is 4.19. The summed E-state index contributed by atoms with van der Waals surface area (Å²) in [6, 6.07) is 4.68. The number of amides is 3. The second-order valence-corrected chi connectivity index (χ2v) is 6.70. The van der Waals surface area contributed by atoms with E-state index in [-0.39, 0.29) is 12.5 Å². The molecule has 3 amide bonds. The molecule has 1 aliphatic heterocycles. The number of hydrogen-bond acceptors (Lipinski definition) is 5. The molecule has 2 rings (SSSR count). The molecule has 0 aliphatic carbocycles. The van der Waals surface area contributed by atoms with Gasteiger partial charge in [-0.25, -0.2) is 4.79 Å². The van der Waals surface area contributed by atoms with E-state index >= 15 is 0 Å². The summed E-state index contributed by atoms with van der Waals surface area (Å²) in [7, 11) is 0. The number of ether oxygens (including phenoxy) is 2. The lowest BCUT2D eigenvalue weighted by Gasteiger charge is -2.25. The highest BCUT2D eigenvalue weighted by Crippen LogP contribution is 2.30. The van der Waals surface area contributed by atoms with Crippen LogP contribution >= 0.6 is 0 Å². The SMILES string of the molecule is CCCOc1ccc(NC(=O)NC(=O)CN2CCCCC2)cc1OCCC. The Morgan fingerprint density at radius 1 is 1.00 bits per heavy atom. The van der Waals surface area contributed by atoms with Crippen molar-refractivity contribution in [1.29, 1.82) is 0 Å². The maximum atomic E-state index is 12.1. The number of nitrogens with zero attached hydrogens (tertiary/aromatic N) is 1. The van der Waals surface area contributed by atoms with Crippen molar-refractivity contribution in [3.8, 4) is 11.5 Å². The first-order chi connectivity index (χ1) is 13.1. The molecule has 27 heavy (non-hydrogen) atoms. The molecule has 1 heterocycles. The number of carbonyl (C=O) groups excluding carboxylic acids is 2. The van der Waals surface area contributed by atoms with Crippen LogP contribution in [-0.4, -0.2) is 49.7 Å². The molecule has 0 atom stereocenters. The van der Waals surface area contributed by atoms with Crippen LogP contribution in [0.1, 0.15) is 46.0 Å². The van der Waals surface area contributed by atoms with Crippen molar-refractivity contribution in [2.75, 3.05) is 38.2 Å². The summed E-state index contributed by atoms with van der Waals surface area (Å²) in [5, 5.41) is 5.07. The van der Waals surface area contributed by atoms with Crippen LogP contribution in [0.3, 0.4) is 0 Å².